The molecule has 7 heteroatoms. The first kappa shape index (κ1) is 25.2. The molecule has 1 fully saturated rings. The van der Waals surface area contributed by atoms with Crippen LogP contribution in [0.25, 0.3) is 23.0 Å². The molecule has 38 heavy (non-hydrogen) atoms. The average Bonchev–Trinajstić information content (AvgIpc) is 3.59. The number of hydrogen-bond acceptors (Lipinski definition) is 5. The third-order valence-corrected chi connectivity index (χ3v) is 7.27. The molecule has 0 atom stereocenters. The molecule has 2 amide bonds. The van der Waals surface area contributed by atoms with E-state index in [0.29, 0.717) is 23.4 Å². The Kier molecular flexibility index (Phi) is 6.97. The van der Waals surface area contributed by atoms with Gasteiger partial charge in [0.15, 0.2) is 0 Å². The highest BCUT2D eigenvalue weighted by molar-refractivity contribution is 6.20. The summed E-state index contributed by atoms with van der Waals surface area (Å²) in [6, 6.07) is 17.5. The smallest absolute Gasteiger partial charge is 0.271 e. The molecule has 0 unspecified atom stereocenters. The number of aromatic nitrogens is 2. The highest BCUT2D eigenvalue weighted by Crippen LogP contribution is 2.35. The highest BCUT2D eigenvalue weighted by atomic mass is 16.5. The fourth-order valence-electron chi connectivity index (χ4n) is 5.29. The summed E-state index contributed by atoms with van der Waals surface area (Å²) >= 11 is 0. The molecule has 3 aromatic rings. The fourth-order valence-corrected chi connectivity index (χ4v) is 5.29. The van der Waals surface area contributed by atoms with Crippen LogP contribution in [0.3, 0.4) is 0 Å². The van der Waals surface area contributed by atoms with E-state index >= 15 is 0 Å². The lowest BCUT2D eigenvalue weighted by Crippen LogP contribution is -2.47. The molecule has 0 bridgehead atoms. The van der Waals surface area contributed by atoms with E-state index in [1.54, 1.807) is 17.7 Å². The molecule has 7 nitrogen and oxygen atoms in total. The Morgan fingerprint density at radius 1 is 1.08 bits per heavy atom. The lowest BCUT2D eigenvalue weighted by molar-refractivity contribution is -0.143. The number of aryl methyl sites for hydroxylation is 1. The van der Waals surface area contributed by atoms with Gasteiger partial charge < -0.3 is 4.74 Å². The molecule has 0 spiro atoms. The van der Waals surface area contributed by atoms with Gasteiger partial charge in [0, 0.05) is 28.9 Å². The van der Waals surface area contributed by atoms with Crippen molar-refractivity contribution in [3.63, 3.8) is 0 Å². The van der Waals surface area contributed by atoms with Crippen LogP contribution in [0.4, 0.5) is 0 Å². The molecule has 1 saturated carbocycles. The van der Waals surface area contributed by atoms with E-state index in [0.717, 1.165) is 53.8 Å². The summed E-state index contributed by atoms with van der Waals surface area (Å²) < 4.78 is 7.50. The molecule has 2 aliphatic rings. The van der Waals surface area contributed by atoms with E-state index in [4.69, 9.17) is 9.84 Å². The summed E-state index contributed by atoms with van der Waals surface area (Å²) in [6.45, 7) is 6.19. The van der Waals surface area contributed by atoms with Gasteiger partial charge in [-0.05, 0) is 81.2 Å². The maximum absolute atomic E-state index is 13.7. The van der Waals surface area contributed by atoms with Crippen LogP contribution in [-0.4, -0.2) is 39.1 Å². The van der Waals surface area contributed by atoms with Crippen LogP contribution in [0.5, 0.6) is 5.75 Å². The van der Waals surface area contributed by atoms with Crippen LogP contribution >= 0.6 is 0 Å². The normalized spacial score (nSPS) is 17.4. The molecule has 1 aliphatic carbocycles. The predicted molar refractivity (Wildman–Crippen MR) is 145 cm³/mol. The van der Waals surface area contributed by atoms with Crippen molar-refractivity contribution in [1.82, 2.24) is 14.7 Å². The maximum Gasteiger partial charge on any atom is 0.271 e. The molecule has 5 rings (SSSR count). The van der Waals surface area contributed by atoms with Gasteiger partial charge in [0.25, 0.3) is 11.8 Å². The number of ether oxygens (including phenoxy) is 1. The fraction of sp³-hybridized carbons (Fsp3) is 0.290. The van der Waals surface area contributed by atoms with Crippen LogP contribution in [0, 0.1) is 18.3 Å². The molecule has 0 N–H and O–H groups in total. The third kappa shape index (κ3) is 4.54. The number of imide groups is 1. The average molecular weight is 507 g/mol. The van der Waals surface area contributed by atoms with Crippen molar-refractivity contribution in [2.24, 2.45) is 0 Å². The summed E-state index contributed by atoms with van der Waals surface area (Å²) in [4.78, 5) is 28.2. The number of carbonyl (C=O) groups excluding carboxylic acids is 2. The van der Waals surface area contributed by atoms with Crippen molar-refractivity contribution in [2.75, 3.05) is 6.61 Å². The number of nitrogens with zero attached hydrogens (tertiary/aromatic N) is 4. The summed E-state index contributed by atoms with van der Waals surface area (Å²) in [5.41, 5.74) is 4.92. The summed E-state index contributed by atoms with van der Waals surface area (Å²) in [5, 5.41) is 14.7. The Bertz CT molecular complexity index is 1500. The predicted octanol–water partition coefficient (Wildman–Crippen LogP) is 5.78. The number of rotatable bonds is 6. The van der Waals surface area contributed by atoms with Gasteiger partial charge in [-0.15, -0.1) is 0 Å². The SMILES string of the molecule is CCOc1ccc(-c2nn(-c3ccccc3)cc2/C=C2/C(=O)N(C3CCCC3)C(=O)C(C#N)=C2C)cc1C. The zero-order valence-electron chi connectivity index (χ0n) is 21.9. The topological polar surface area (TPSA) is 88.2 Å². The number of nitriles is 1. The van der Waals surface area contributed by atoms with E-state index in [1.807, 2.05) is 68.6 Å². The minimum absolute atomic E-state index is 0.0247. The standard InChI is InChI=1S/C31H30N4O3/c1-4-38-28-15-14-22(16-20(28)2)29-23(19-34(33-29)24-10-6-5-7-11-24)17-26-21(3)27(18-32)31(37)35(30(26)36)25-12-8-9-13-25/h5-7,10-11,14-17,19,25H,4,8-9,12-13H2,1-3H3/b26-17+. The molecule has 2 heterocycles. The molecule has 2 aromatic carbocycles. The maximum atomic E-state index is 13.7. The molecular weight excluding hydrogens is 476 g/mol. The van der Waals surface area contributed by atoms with Crippen LogP contribution < -0.4 is 4.74 Å². The second kappa shape index (κ2) is 10.5. The van der Waals surface area contributed by atoms with Crippen LogP contribution in [0.15, 0.2) is 71.4 Å². The van der Waals surface area contributed by atoms with Gasteiger partial charge >= 0.3 is 0 Å². The van der Waals surface area contributed by atoms with E-state index in [9.17, 15) is 14.9 Å². The largest absolute Gasteiger partial charge is 0.494 e. The Morgan fingerprint density at radius 2 is 1.82 bits per heavy atom. The van der Waals surface area contributed by atoms with Crippen molar-refractivity contribution in [3.8, 4) is 28.8 Å². The molecule has 0 radical (unpaired) electrons. The quantitative estimate of drug-likeness (QED) is 0.312. The Labute approximate surface area is 222 Å². The second-order valence-corrected chi connectivity index (χ2v) is 9.71. The van der Waals surface area contributed by atoms with Crippen molar-refractivity contribution < 1.29 is 14.3 Å². The van der Waals surface area contributed by atoms with E-state index in [-0.39, 0.29) is 17.5 Å². The van der Waals surface area contributed by atoms with E-state index in [2.05, 4.69) is 6.07 Å². The van der Waals surface area contributed by atoms with Crippen molar-refractivity contribution in [3.05, 3.63) is 82.6 Å². The lowest BCUT2D eigenvalue weighted by Gasteiger charge is -2.32. The number of amides is 2. The molecule has 1 aliphatic heterocycles. The van der Waals surface area contributed by atoms with Gasteiger partial charge in [-0.3, -0.25) is 14.5 Å². The second-order valence-electron chi connectivity index (χ2n) is 9.71. The minimum atomic E-state index is -0.485. The number of carbonyl (C=O) groups is 2. The van der Waals surface area contributed by atoms with Gasteiger partial charge in [0.2, 0.25) is 0 Å². The van der Waals surface area contributed by atoms with E-state index in [1.165, 1.54) is 4.90 Å². The van der Waals surface area contributed by atoms with Gasteiger partial charge in [0.1, 0.15) is 17.4 Å². The van der Waals surface area contributed by atoms with Crippen LogP contribution in [0.2, 0.25) is 0 Å². The Morgan fingerprint density at radius 3 is 2.47 bits per heavy atom. The zero-order chi connectivity index (χ0) is 26.8. The van der Waals surface area contributed by atoms with Gasteiger partial charge in [-0.1, -0.05) is 31.0 Å². The molecule has 1 aromatic heterocycles. The minimum Gasteiger partial charge on any atom is -0.494 e. The van der Waals surface area contributed by atoms with Gasteiger partial charge in [-0.25, -0.2) is 4.68 Å². The summed E-state index contributed by atoms with van der Waals surface area (Å²) in [6.07, 6.45) is 7.13. The zero-order valence-corrected chi connectivity index (χ0v) is 21.9. The van der Waals surface area contributed by atoms with Crippen molar-refractivity contribution in [2.45, 2.75) is 52.5 Å². The monoisotopic (exact) mass is 506 g/mol. The first-order chi connectivity index (χ1) is 18.4. The summed E-state index contributed by atoms with van der Waals surface area (Å²) in [7, 11) is 0. The molecule has 192 valence electrons. The van der Waals surface area contributed by atoms with Gasteiger partial charge in [0.05, 0.1) is 18.0 Å². The first-order valence-corrected chi connectivity index (χ1v) is 13.0. The van der Waals surface area contributed by atoms with Crippen LogP contribution in [-0.2, 0) is 9.59 Å². The van der Waals surface area contributed by atoms with Crippen molar-refractivity contribution >= 4 is 17.9 Å². The third-order valence-electron chi connectivity index (χ3n) is 7.27. The number of hydrogen-bond donors (Lipinski definition) is 0. The summed E-state index contributed by atoms with van der Waals surface area (Å²) in [5.74, 6) is -0.0228. The molecule has 0 saturated heterocycles. The lowest BCUT2D eigenvalue weighted by atomic mass is 9.92. The highest BCUT2D eigenvalue weighted by Gasteiger charge is 2.40. The van der Waals surface area contributed by atoms with Crippen molar-refractivity contribution in [1.29, 1.82) is 5.26 Å². The first-order valence-electron chi connectivity index (χ1n) is 13.0. The Hall–Kier alpha value is -4.44. The van der Waals surface area contributed by atoms with Crippen LogP contribution in [0.1, 0.15) is 50.7 Å². The molecular formula is C31H30N4O3. The van der Waals surface area contributed by atoms with E-state index < -0.39 is 5.91 Å². The van der Waals surface area contributed by atoms with Gasteiger partial charge in [-0.2, -0.15) is 10.4 Å². The number of benzene rings is 2. The number of para-hydroxylation sites is 1. The Balaban J connectivity index is 1.67.